The summed E-state index contributed by atoms with van der Waals surface area (Å²) in [7, 11) is 0. The van der Waals surface area contributed by atoms with E-state index >= 15 is 0 Å². The predicted molar refractivity (Wildman–Crippen MR) is 77.2 cm³/mol. The van der Waals surface area contributed by atoms with Crippen molar-refractivity contribution < 1.29 is 19.1 Å². The van der Waals surface area contributed by atoms with Crippen LogP contribution in [0.3, 0.4) is 0 Å². The zero-order chi connectivity index (χ0) is 15.6. The molecule has 0 bridgehead atoms. The second kappa shape index (κ2) is 5.75. The molecule has 0 unspecified atom stereocenters. The molecule has 4 nitrogen and oxygen atoms in total. The summed E-state index contributed by atoms with van der Waals surface area (Å²) in [4.78, 5) is 23.1. The Morgan fingerprint density at radius 1 is 1.05 bits per heavy atom. The Morgan fingerprint density at radius 3 is 2.33 bits per heavy atom. The van der Waals surface area contributed by atoms with Crippen molar-refractivity contribution in [2.24, 2.45) is 0 Å². The molecule has 0 aliphatic rings. The SMILES string of the molecule is Cc1ccc(C(=O)Nc2ccc(C)c(C(=O)O)c2)cc1F. The highest BCUT2D eigenvalue weighted by Gasteiger charge is 2.11. The summed E-state index contributed by atoms with van der Waals surface area (Å²) < 4.78 is 13.4. The predicted octanol–water partition coefficient (Wildman–Crippen LogP) is 3.39. The molecule has 5 heteroatoms. The van der Waals surface area contributed by atoms with Crippen molar-refractivity contribution in [3.63, 3.8) is 0 Å². The number of anilines is 1. The monoisotopic (exact) mass is 287 g/mol. The minimum Gasteiger partial charge on any atom is -0.478 e. The van der Waals surface area contributed by atoms with Crippen LogP contribution in [0.15, 0.2) is 36.4 Å². The molecule has 108 valence electrons. The van der Waals surface area contributed by atoms with Gasteiger partial charge in [-0.3, -0.25) is 4.79 Å². The minimum atomic E-state index is -1.06. The highest BCUT2D eigenvalue weighted by Crippen LogP contribution is 2.17. The molecule has 0 atom stereocenters. The number of aromatic carboxylic acids is 1. The second-order valence-corrected chi connectivity index (χ2v) is 4.75. The van der Waals surface area contributed by atoms with E-state index in [9.17, 15) is 14.0 Å². The number of rotatable bonds is 3. The Hall–Kier alpha value is -2.69. The number of benzene rings is 2. The molecule has 0 saturated carbocycles. The first-order valence-corrected chi connectivity index (χ1v) is 6.30. The Kier molecular flexibility index (Phi) is 4.03. The molecule has 0 aromatic heterocycles. The Morgan fingerprint density at radius 2 is 1.71 bits per heavy atom. The van der Waals surface area contributed by atoms with E-state index in [0.29, 0.717) is 16.8 Å². The largest absolute Gasteiger partial charge is 0.478 e. The molecule has 0 aliphatic carbocycles. The number of carboxylic acid groups (broad SMARTS) is 1. The average molecular weight is 287 g/mol. The third kappa shape index (κ3) is 3.25. The molecule has 2 rings (SSSR count). The Bertz CT molecular complexity index is 725. The van der Waals surface area contributed by atoms with Crippen LogP contribution in [0.4, 0.5) is 10.1 Å². The molecule has 0 spiro atoms. The van der Waals surface area contributed by atoms with Crippen molar-refractivity contribution in [3.8, 4) is 0 Å². The van der Waals surface area contributed by atoms with E-state index in [1.54, 1.807) is 26.0 Å². The maximum atomic E-state index is 13.4. The summed E-state index contributed by atoms with van der Waals surface area (Å²) >= 11 is 0. The number of amides is 1. The van der Waals surface area contributed by atoms with Gasteiger partial charge in [0.25, 0.3) is 5.91 Å². The Balaban J connectivity index is 2.25. The van der Waals surface area contributed by atoms with E-state index in [1.807, 2.05) is 0 Å². The fourth-order valence-electron chi connectivity index (χ4n) is 1.87. The molecule has 0 aliphatic heterocycles. The van der Waals surface area contributed by atoms with Gasteiger partial charge in [-0.2, -0.15) is 0 Å². The van der Waals surface area contributed by atoms with Crippen molar-refractivity contribution in [1.82, 2.24) is 0 Å². The molecule has 0 fully saturated rings. The van der Waals surface area contributed by atoms with Gasteiger partial charge in [-0.15, -0.1) is 0 Å². The van der Waals surface area contributed by atoms with Crippen LogP contribution in [0.25, 0.3) is 0 Å². The number of carbonyl (C=O) groups is 2. The van der Waals surface area contributed by atoms with Gasteiger partial charge in [0.1, 0.15) is 5.82 Å². The van der Waals surface area contributed by atoms with Gasteiger partial charge in [0, 0.05) is 11.3 Å². The summed E-state index contributed by atoms with van der Waals surface area (Å²) in [5.74, 6) is -2.02. The van der Waals surface area contributed by atoms with Crippen LogP contribution in [0.5, 0.6) is 0 Å². The molecule has 0 heterocycles. The van der Waals surface area contributed by atoms with Crippen LogP contribution in [0, 0.1) is 19.7 Å². The summed E-state index contributed by atoms with van der Waals surface area (Å²) in [6.07, 6.45) is 0. The van der Waals surface area contributed by atoms with Gasteiger partial charge >= 0.3 is 5.97 Å². The van der Waals surface area contributed by atoms with Gasteiger partial charge in [0.05, 0.1) is 5.56 Å². The van der Waals surface area contributed by atoms with Crippen LogP contribution in [-0.4, -0.2) is 17.0 Å². The van der Waals surface area contributed by atoms with Gasteiger partial charge < -0.3 is 10.4 Å². The molecular formula is C16H14FNO3. The average Bonchev–Trinajstić information content (AvgIpc) is 2.43. The number of hydrogen-bond acceptors (Lipinski definition) is 2. The minimum absolute atomic E-state index is 0.114. The number of carbonyl (C=O) groups excluding carboxylic acids is 1. The van der Waals surface area contributed by atoms with E-state index in [4.69, 9.17) is 5.11 Å². The highest BCUT2D eigenvalue weighted by molar-refractivity contribution is 6.05. The first-order chi connectivity index (χ1) is 9.88. The van der Waals surface area contributed by atoms with Crippen LogP contribution < -0.4 is 5.32 Å². The third-order valence-electron chi connectivity index (χ3n) is 3.16. The van der Waals surface area contributed by atoms with Gasteiger partial charge in [-0.25, -0.2) is 9.18 Å². The normalized spacial score (nSPS) is 10.2. The molecule has 0 saturated heterocycles. The van der Waals surface area contributed by atoms with Crippen molar-refractivity contribution in [3.05, 3.63) is 64.5 Å². The maximum Gasteiger partial charge on any atom is 0.336 e. The molecule has 21 heavy (non-hydrogen) atoms. The lowest BCUT2D eigenvalue weighted by Gasteiger charge is -2.08. The summed E-state index contributed by atoms with van der Waals surface area (Å²) in [6.45, 7) is 3.28. The molecule has 0 radical (unpaired) electrons. The number of hydrogen-bond donors (Lipinski definition) is 2. The number of aryl methyl sites for hydroxylation is 2. The molecule has 1 amide bonds. The first-order valence-electron chi connectivity index (χ1n) is 6.30. The van der Waals surface area contributed by atoms with Gasteiger partial charge in [-0.1, -0.05) is 12.1 Å². The van der Waals surface area contributed by atoms with Crippen molar-refractivity contribution in [2.75, 3.05) is 5.32 Å². The second-order valence-electron chi connectivity index (χ2n) is 4.75. The standard InChI is InChI=1S/C16H14FNO3/c1-9-4-6-12(8-13(9)16(20)21)18-15(19)11-5-3-10(2)14(17)7-11/h3-8H,1-2H3,(H,18,19)(H,20,21). The lowest BCUT2D eigenvalue weighted by molar-refractivity contribution is 0.0695. The van der Waals surface area contributed by atoms with E-state index < -0.39 is 17.7 Å². The number of nitrogens with one attached hydrogen (secondary N) is 1. The maximum absolute atomic E-state index is 13.4. The first kappa shape index (κ1) is 14.7. The van der Waals surface area contributed by atoms with Crippen molar-refractivity contribution in [2.45, 2.75) is 13.8 Å². The van der Waals surface area contributed by atoms with Crippen LogP contribution in [0.2, 0.25) is 0 Å². The van der Waals surface area contributed by atoms with E-state index in [0.717, 1.165) is 6.07 Å². The van der Waals surface area contributed by atoms with E-state index in [1.165, 1.54) is 18.2 Å². The van der Waals surface area contributed by atoms with Gasteiger partial charge in [-0.05, 0) is 49.2 Å². The summed E-state index contributed by atoms with van der Waals surface area (Å²) in [5, 5.41) is 11.6. The number of carboxylic acids is 1. The van der Waals surface area contributed by atoms with Crippen molar-refractivity contribution >= 4 is 17.6 Å². The Labute approximate surface area is 121 Å². The van der Waals surface area contributed by atoms with Gasteiger partial charge in [0.15, 0.2) is 0 Å². The molecule has 2 N–H and O–H groups in total. The summed E-state index contributed by atoms with van der Waals surface area (Å²) in [5.41, 5.74) is 1.69. The van der Waals surface area contributed by atoms with Crippen molar-refractivity contribution in [1.29, 1.82) is 0 Å². The smallest absolute Gasteiger partial charge is 0.336 e. The lowest BCUT2D eigenvalue weighted by Crippen LogP contribution is -2.13. The van der Waals surface area contributed by atoms with Crippen LogP contribution >= 0.6 is 0 Å². The third-order valence-corrected chi connectivity index (χ3v) is 3.16. The van der Waals surface area contributed by atoms with E-state index in [-0.39, 0.29) is 11.1 Å². The van der Waals surface area contributed by atoms with Gasteiger partial charge in [0.2, 0.25) is 0 Å². The fourth-order valence-corrected chi connectivity index (χ4v) is 1.87. The lowest BCUT2D eigenvalue weighted by atomic mass is 10.1. The van der Waals surface area contributed by atoms with Crippen LogP contribution in [-0.2, 0) is 0 Å². The molecule has 2 aromatic rings. The van der Waals surface area contributed by atoms with Crippen LogP contribution in [0.1, 0.15) is 31.8 Å². The molecule has 2 aromatic carbocycles. The molecular weight excluding hydrogens is 273 g/mol. The topological polar surface area (TPSA) is 66.4 Å². The van der Waals surface area contributed by atoms with E-state index in [2.05, 4.69) is 5.32 Å². The quantitative estimate of drug-likeness (QED) is 0.909. The summed E-state index contributed by atoms with van der Waals surface area (Å²) in [6, 6.07) is 8.76. The number of halogens is 1. The zero-order valence-electron chi connectivity index (χ0n) is 11.6. The highest BCUT2D eigenvalue weighted by atomic mass is 19.1. The zero-order valence-corrected chi connectivity index (χ0v) is 11.6. The fraction of sp³-hybridized carbons (Fsp3) is 0.125.